The van der Waals surface area contributed by atoms with Crippen molar-refractivity contribution >= 4 is 40.8 Å². The molecule has 1 amide bonds. The first-order chi connectivity index (χ1) is 11.7. The van der Waals surface area contributed by atoms with Crippen LogP contribution < -0.4 is 0 Å². The third-order valence-corrected chi connectivity index (χ3v) is 5.15. The Hall–Kier alpha value is -2.18. The first kappa shape index (κ1) is 15.4. The second-order valence-corrected chi connectivity index (χ2v) is 7.03. The lowest BCUT2D eigenvalue weighted by Crippen LogP contribution is -2.34. The highest BCUT2D eigenvalue weighted by Crippen LogP contribution is 2.23. The SMILES string of the molecule is O=C(CN1C=Cc2sncc2C1)N1CCC(c2ccc(Cl)cc2)=N1. The monoisotopic (exact) mass is 358 g/mol. The topological polar surface area (TPSA) is 48.8 Å². The van der Waals surface area contributed by atoms with Gasteiger partial charge < -0.3 is 4.90 Å². The summed E-state index contributed by atoms with van der Waals surface area (Å²) in [5.74, 6) is 0.00949. The smallest absolute Gasteiger partial charge is 0.262 e. The maximum Gasteiger partial charge on any atom is 0.262 e. The minimum atomic E-state index is 0.00949. The number of carbonyl (C=O) groups is 1. The van der Waals surface area contributed by atoms with Crippen LogP contribution in [0.5, 0.6) is 0 Å². The predicted molar refractivity (Wildman–Crippen MR) is 95.9 cm³/mol. The Balaban J connectivity index is 1.41. The molecule has 0 unspecified atom stereocenters. The molecule has 3 heterocycles. The van der Waals surface area contributed by atoms with Crippen molar-refractivity contribution in [2.45, 2.75) is 13.0 Å². The highest BCUT2D eigenvalue weighted by molar-refractivity contribution is 7.06. The Morgan fingerprint density at radius 3 is 2.96 bits per heavy atom. The van der Waals surface area contributed by atoms with E-state index in [9.17, 15) is 4.79 Å². The molecule has 0 bridgehead atoms. The van der Waals surface area contributed by atoms with Crippen molar-refractivity contribution in [3.63, 3.8) is 0 Å². The molecule has 0 saturated heterocycles. The molecule has 0 atom stereocenters. The molecule has 2 aliphatic rings. The largest absolute Gasteiger partial charge is 0.364 e. The summed E-state index contributed by atoms with van der Waals surface area (Å²) in [5.41, 5.74) is 3.11. The molecule has 7 heteroatoms. The number of benzene rings is 1. The molecule has 0 spiro atoms. The summed E-state index contributed by atoms with van der Waals surface area (Å²) >= 11 is 7.39. The molecular formula is C17H15ClN4OS. The summed E-state index contributed by atoms with van der Waals surface area (Å²) in [5, 5.41) is 6.75. The van der Waals surface area contributed by atoms with E-state index in [0.29, 0.717) is 18.1 Å². The quantitative estimate of drug-likeness (QED) is 0.846. The maximum atomic E-state index is 12.5. The van der Waals surface area contributed by atoms with E-state index < -0.39 is 0 Å². The van der Waals surface area contributed by atoms with Crippen LogP contribution >= 0.6 is 23.1 Å². The third kappa shape index (κ3) is 3.07. The van der Waals surface area contributed by atoms with Crippen molar-refractivity contribution in [3.8, 4) is 0 Å². The van der Waals surface area contributed by atoms with Gasteiger partial charge in [0, 0.05) is 35.9 Å². The number of fused-ring (bicyclic) bond motifs is 1. The Morgan fingerprint density at radius 2 is 2.12 bits per heavy atom. The lowest BCUT2D eigenvalue weighted by atomic mass is 10.1. The number of aromatic nitrogens is 1. The van der Waals surface area contributed by atoms with Crippen LogP contribution in [0.1, 0.15) is 22.4 Å². The number of hydrazone groups is 1. The number of amides is 1. The molecule has 122 valence electrons. The zero-order valence-corrected chi connectivity index (χ0v) is 14.4. The van der Waals surface area contributed by atoms with E-state index in [1.54, 1.807) is 5.01 Å². The van der Waals surface area contributed by atoms with Gasteiger partial charge in [0.25, 0.3) is 5.91 Å². The van der Waals surface area contributed by atoms with E-state index in [1.165, 1.54) is 22.0 Å². The van der Waals surface area contributed by atoms with Crippen molar-refractivity contribution in [1.29, 1.82) is 0 Å². The average Bonchev–Trinajstić information content (AvgIpc) is 3.24. The fourth-order valence-corrected chi connectivity index (χ4v) is 3.59. The molecular weight excluding hydrogens is 344 g/mol. The molecule has 2 aliphatic heterocycles. The number of rotatable bonds is 3. The molecule has 0 fully saturated rings. The standard InChI is InChI=1S/C17H15ClN4OS/c18-14-3-1-12(2-4-14)15-5-8-22(20-15)17(23)11-21-7-6-16-13(10-21)9-19-24-16/h1-4,6-7,9H,5,8,10-11H2. The van der Waals surface area contributed by atoms with Crippen molar-refractivity contribution < 1.29 is 4.79 Å². The maximum absolute atomic E-state index is 12.5. The number of carbonyl (C=O) groups excluding carboxylic acids is 1. The van der Waals surface area contributed by atoms with E-state index in [1.807, 2.05) is 47.6 Å². The van der Waals surface area contributed by atoms with Crippen LogP contribution in [0.2, 0.25) is 5.02 Å². The predicted octanol–water partition coefficient (Wildman–Crippen LogP) is 3.22. The van der Waals surface area contributed by atoms with Gasteiger partial charge in [-0.2, -0.15) is 5.10 Å². The summed E-state index contributed by atoms with van der Waals surface area (Å²) < 4.78 is 4.18. The molecule has 4 rings (SSSR count). The summed E-state index contributed by atoms with van der Waals surface area (Å²) in [6.45, 7) is 1.67. The van der Waals surface area contributed by atoms with E-state index in [4.69, 9.17) is 11.6 Å². The van der Waals surface area contributed by atoms with Crippen molar-refractivity contribution in [2.75, 3.05) is 13.1 Å². The van der Waals surface area contributed by atoms with Crippen molar-refractivity contribution in [3.05, 3.63) is 57.7 Å². The van der Waals surface area contributed by atoms with Gasteiger partial charge in [-0.15, -0.1) is 0 Å². The first-order valence-corrected chi connectivity index (χ1v) is 8.84. The van der Waals surface area contributed by atoms with Crippen LogP contribution in [-0.4, -0.2) is 39.0 Å². The van der Waals surface area contributed by atoms with Crippen LogP contribution in [0, 0.1) is 0 Å². The van der Waals surface area contributed by atoms with Gasteiger partial charge in [0.15, 0.2) is 0 Å². The fourth-order valence-electron chi connectivity index (χ4n) is 2.82. The molecule has 2 aromatic rings. The summed E-state index contributed by atoms with van der Waals surface area (Å²) in [7, 11) is 0. The van der Waals surface area contributed by atoms with E-state index in [2.05, 4.69) is 9.47 Å². The van der Waals surface area contributed by atoms with Gasteiger partial charge in [0.2, 0.25) is 0 Å². The summed E-state index contributed by atoms with van der Waals surface area (Å²) in [4.78, 5) is 15.7. The lowest BCUT2D eigenvalue weighted by Gasteiger charge is -2.24. The summed E-state index contributed by atoms with van der Waals surface area (Å²) in [6, 6.07) is 7.56. The lowest BCUT2D eigenvalue weighted by molar-refractivity contribution is -0.131. The zero-order chi connectivity index (χ0) is 16.5. The minimum Gasteiger partial charge on any atom is -0.364 e. The zero-order valence-electron chi connectivity index (χ0n) is 12.9. The molecule has 0 saturated carbocycles. The molecule has 5 nitrogen and oxygen atoms in total. The second-order valence-electron chi connectivity index (χ2n) is 5.76. The molecule has 0 radical (unpaired) electrons. The number of hydrogen-bond acceptors (Lipinski definition) is 5. The van der Waals surface area contributed by atoms with Gasteiger partial charge in [-0.05, 0) is 35.3 Å². The Kier molecular flexibility index (Phi) is 4.08. The minimum absolute atomic E-state index is 0.00949. The van der Waals surface area contributed by atoms with Gasteiger partial charge in [-0.3, -0.25) is 4.79 Å². The van der Waals surface area contributed by atoms with Crippen LogP contribution in [-0.2, 0) is 11.3 Å². The first-order valence-electron chi connectivity index (χ1n) is 7.68. The van der Waals surface area contributed by atoms with Crippen LogP contribution in [0.25, 0.3) is 6.08 Å². The average molecular weight is 359 g/mol. The van der Waals surface area contributed by atoms with Gasteiger partial charge in [-0.1, -0.05) is 23.7 Å². The fraction of sp³-hybridized carbons (Fsp3) is 0.235. The van der Waals surface area contributed by atoms with Gasteiger partial charge in [0.05, 0.1) is 23.7 Å². The molecule has 0 N–H and O–H groups in total. The third-order valence-electron chi connectivity index (χ3n) is 4.09. The van der Waals surface area contributed by atoms with E-state index >= 15 is 0 Å². The molecule has 1 aromatic heterocycles. The second kappa shape index (κ2) is 6.37. The van der Waals surface area contributed by atoms with Crippen LogP contribution in [0.15, 0.2) is 41.8 Å². The normalized spacial score (nSPS) is 16.3. The van der Waals surface area contributed by atoms with Crippen molar-refractivity contribution in [2.24, 2.45) is 5.10 Å². The molecule has 0 aliphatic carbocycles. The number of hydrogen-bond donors (Lipinski definition) is 0. The Labute approximate surface area is 149 Å². The van der Waals surface area contributed by atoms with Gasteiger partial charge in [-0.25, -0.2) is 9.38 Å². The molecule has 1 aromatic carbocycles. The number of nitrogens with zero attached hydrogens (tertiary/aromatic N) is 4. The summed E-state index contributed by atoms with van der Waals surface area (Å²) in [6.07, 6.45) is 6.60. The molecule has 24 heavy (non-hydrogen) atoms. The highest BCUT2D eigenvalue weighted by Gasteiger charge is 2.23. The highest BCUT2D eigenvalue weighted by atomic mass is 35.5. The van der Waals surface area contributed by atoms with Crippen LogP contribution in [0.3, 0.4) is 0 Å². The van der Waals surface area contributed by atoms with Gasteiger partial charge in [0.1, 0.15) is 0 Å². The van der Waals surface area contributed by atoms with E-state index in [-0.39, 0.29) is 5.91 Å². The van der Waals surface area contributed by atoms with Crippen molar-refractivity contribution in [1.82, 2.24) is 14.3 Å². The Bertz CT molecular complexity index is 827. The van der Waals surface area contributed by atoms with E-state index in [0.717, 1.165) is 24.2 Å². The number of halogens is 1. The van der Waals surface area contributed by atoms with Gasteiger partial charge >= 0.3 is 0 Å². The Morgan fingerprint density at radius 1 is 1.29 bits per heavy atom. The van der Waals surface area contributed by atoms with Crippen LogP contribution in [0.4, 0.5) is 0 Å².